The summed E-state index contributed by atoms with van der Waals surface area (Å²) in [5.41, 5.74) is 4.47. The third kappa shape index (κ3) is 8.54. The first-order chi connectivity index (χ1) is 24.1. The zero-order valence-electron chi connectivity index (χ0n) is 27.9. The maximum absolute atomic E-state index is 13.7. The van der Waals surface area contributed by atoms with E-state index in [1.807, 2.05) is 121 Å². The van der Waals surface area contributed by atoms with Gasteiger partial charge in [0, 0.05) is 0 Å². The summed E-state index contributed by atoms with van der Waals surface area (Å²) >= 11 is 0. The van der Waals surface area contributed by atoms with Crippen LogP contribution in [0.15, 0.2) is 133 Å². The fourth-order valence-electron chi connectivity index (χ4n) is 6.43. The van der Waals surface area contributed by atoms with Gasteiger partial charge in [-0.1, -0.05) is 128 Å². The summed E-state index contributed by atoms with van der Waals surface area (Å²) in [6, 6.07) is 39.6. The minimum atomic E-state index is -1.62. The molecule has 49 heavy (non-hydrogen) atoms. The second kappa shape index (κ2) is 17.0. The molecule has 0 N–H and O–H groups in total. The average molecular weight is 665 g/mol. The highest BCUT2D eigenvalue weighted by atomic mass is 16.8. The Balaban J connectivity index is 1.40. The Hall–Kier alpha value is -4.15. The molecule has 2 aliphatic heterocycles. The molecule has 0 amide bonds. The van der Waals surface area contributed by atoms with Crippen molar-refractivity contribution in [1.29, 1.82) is 0 Å². The Labute approximate surface area is 288 Å². The SMILES string of the molecule is C=C1CO[C@@]2(O[C@H](COCc3ccccc3)[C@@H](OCc3ccccc3)[C@H](OCc3ccccc3)[C@H]2OCc2ccccc2)[C@H]1C(=O)OCC. The van der Waals surface area contributed by atoms with Gasteiger partial charge in [0.2, 0.25) is 5.79 Å². The van der Waals surface area contributed by atoms with Crippen molar-refractivity contribution in [1.82, 2.24) is 0 Å². The van der Waals surface area contributed by atoms with Crippen LogP contribution in [-0.4, -0.2) is 56.0 Å². The maximum Gasteiger partial charge on any atom is 0.318 e. The quantitative estimate of drug-likeness (QED) is 0.101. The van der Waals surface area contributed by atoms with Crippen molar-refractivity contribution >= 4 is 5.97 Å². The number of esters is 1. The molecule has 0 aliphatic carbocycles. The van der Waals surface area contributed by atoms with E-state index in [2.05, 4.69) is 6.58 Å². The lowest BCUT2D eigenvalue weighted by Crippen LogP contribution is -2.69. The van der Waals surface area contributed by atoms with Crippen molar-refractivity contribution in [3.63, 3.8) is 0 Å². The van der Waals surface area contributed by atoms with Gasteiger partial charge in [0.05, 0.1) is 46.2 Å². The van der Waals surface area contributed by atoms with Crippen LogP contribution in [0.5, 0.6) is 0 Å². The first-order valence-corrected chi connectivity index (χ1v) is 16.8. The molecular formula is C41H44O8. The highest BCUT2D eigenvalue weighted by molar-refractivity contribution is 5.78. The van der Waals surface area contributed by atoms with Gasteiger partial charge < -0.3 is 33.2 Å². The van der Waals surface area contributed by atoms with E-state index >= 15 is 0 Å². The monoisotopic (exact) mass is 664 g/mol. The second-order valence-electron chi connectivity index (χ2n) is 12.3. The van der Waals surface area contributed by atoms with Crippen LogP contribution < -0.4 is 0 Å². The van der Waals surface area contributed by atoms with Gasteiger partial charge >= 0.3 is 5.97 Å². The van der Waals surface area contributed by atoms with Gasteiger partial charge in [-0.2, -0.15) is 0 Å². The topological polar surface area (TPSA) is 81.7 Å². The van der Waals surface area contributed by atoms with E-state index < -0.39 is 42.1 Å². The Morgan fingerprint density at radius 3 is 1.67 bits per heavy atom. The summed E-state index contributed by atoms with van der Waals surface area (Å²) in [6.45, 7) is 7.54. The first-order valence-electron chi connectivity index (χ1n) is 16.8. The molecule has 2 heterocycles. The molecule has 0 bridgehead atoms. The minimum Gasteiger partial charge on any atom is -0.465 e. The van der Waals surface area contributed by atoms with Crippen molar-refractivity contribution in [3.05, 3.63) is 156 Å². The summed E-state index contributed by atoms with van der Waals surface area (Å²) in [6.07, 6.45) is -3.07. The van der Waals surface area contributed by atoms with Crippen molar-refractivity contribution in [2.24, 2.45) is 5.92 Å². The molecule has 6 atom stereocenters. The highest BCUT2D eigenvalue weighted by Crippen LogP contribution is 2.48. The van der Waals surface area contributed by atoms with E-state index in [1.54, 1.807) is 6.92 Å². The van der Waals surface area contributed by atoms with Crippen LogP contribution in [0.2, 0.25) is 0 Å². The Morgan fingerprint density at radius 1 is 0.694 bits per heavy atom. The van der Waals surface area contributed by atoms with Gasteiger partial charge in [-0.05, 0) is 34.8 Å². The van der Waals surface area contributed by atoms with Crippen molar-refractivity contribution in [3.8, 4) is 0 Å². The molecule has 2 fully saturated rings. The molecule has 4 aromatic rings. The fourth-order valence-corrected chi connectivity index (χ4v) is 6.43. The molecular weight excluding hydrogens is 620 g/mol. The molecule has 6 rings (SSSR count). The zero-order valence-corrected chi connectivity index (χ0v) is 27.9. The van der Waals surface area contributed by atoms with E-state index in [9.17, 15) is 4.79 Å². The number of ether oxygens (including phenoxy) is 7. The fraction of sp³-hybridized carbons (Fsp3) is 0.341. The molecule has 2 aliphatic rings. The lowest BCUT2D eigenvalue weighted by molar-refractivity contribution is -0.379. The van der Waals surface area contributed by atoms with Gasteiger partial charge in [-0.25, -0.2) is 0 Å². The van der Waals surface area contributed by atoms with E-state index in [1.165, 1.54) is 0 Å². The first kappa shape index (κ1) is 34.7. The average Bonchev–Trinajstić information content (AvgIpc) is 3.47. The molecule has 1 spiro atoms. The number of hydrogen-bond acceptors (Lipinski definition) is 8. The van der Waals surface area contributed by atoms with Crippen LogP contribution >= 0.6 is 0 Å². The third-order valence-electron chi connectivity index (χ3n) is 8.77. The highest BCUT2D eigenvalue weighted by Gasteiger charge is 2.66. The molecule has 0 saturated carbocycles. The van der Waals surface area contributed by atoms with Crippen molar-refractivity contribution < 1.29 is 38.0 Å². The largest absolute Gasteiger partial charge is 0.465 e. The number of carbonyl (C=O) groups excluding carboxylic acids is 1. The minimum absolute atomic E-state index is 0.0905. The number of hydrogen-bond donors (Lipinski definition) is 0. The molecule has 8 heteroatoms. The standard InChI is InChI=1S/C41H44O8/c1-3-44-40(42)36-30(2)24-48-41(36)39(47-28-34-22-14-7-15-23-34)38(46-27-33-20-12-6-13-21-33)37(45-26-32-18-10-5-11-19-32)35(49-41)29-43-25-31-16-8-4-9-17-31/h4-23,35-39H,2-3,24-29H2,1H3/t35-,36-,37-,38+,39-,41-/m1/s1. The summed E-state index contributed by atoms with van der Waals surface area (Å²) in [5, 5.41) is 0. The van der Waals surface area contributed by atoms with E-state index in [4.69, 9.17) is 33.2 Å². The van der Waals surface area contributed by atoms with Crippen LogP contribution in [-0.2, 0) is 64.4 Å². The van der Waals surface area contributed by atoms with E-state index in [0.29, 0.717) is 18.8 Å². The lowest BCUT2D eigenvalue weighted by Gasteiger charge is -2.52. The summed E-state index contributed by atoms with van der Waals surface area (Å²) in [4.78, 5) is 13.7. The molecule has 0 aromatic heterocycles. The van der Waals surface area contributed by atoms with E-state index in [-0.39, 0.29) is 33.0 Å². The van der Waals surface area contributed by atoms with Gasteiger partial charge in [0.15, 0.2) is 0 Å². The summed E-state index contributed by atoms with van der Waals surface area (Å²) in [5.74, 6) is -3.08. The molecule has 8 nitrogen and oxygen atoms in total. The Bertz CT molecular complexity index is 1600. The van der Waals surface area contributed by atoms with Crippen LogP contribution in [0.1, 0.15) is 29.2 Å². The molecule has 2 saturated heterocycles. The third-order valence-corrected chi connectivity index (χ3v) is 8.77. The number of rotatable bonds is 15. The Morgan fingerprint density at radius 2 is 1.16 bits per heavy atom. The number of carbonyl (C=O) groups is 1. The van der Waals surface area contributed by atoms with Crippen LogP contribution in [0.4, 0.5) is 0 Å². The number of benzene rings is 4. The predicted molar refractivity (Wildman–Crippen MR) is 184 cm³/mol. The van der Waals surface area contributed by atoms with Crippen molar-refractivity contribution in [2.75, 3.05) is 19.8 Å². The normalized spacial score (nSPS) is 25.0. The van der Waals surface area contributed by atoms with Crippen LogP contribution in [0, 0.1) is 5.92 Å². The van der Waals surface area contributed by atoms with Gasteiger partial charge in [-0.3, -0.25) is 4.79 Å². The summed E-state index contributed by atoms with van der Waals surface area (Å²) in [7, 11) is 0. The predicted octanol–water partition coefficient (Wildman–Crippen LogP) is 6.82. The van der Waals surface area contributed by atoms with Gasteiger partial charge in [0.1, 0.15) is 30.3 Å². The molecule has 0 unspecified atom stereocenters. The smallest absolute Gasteiger partial charge is 0.318 e. The van der Waals surface area contributed by atoms with Gasteiger partial charge in [0.25, 0.3) is 0 Å². The van der Waals surface area contributed by atoms with Crippen LogP contribution in [0.25, 0.3) is 0 Å². The maximum atomic E-state index is 13.7. The van der Waals surface area contributed by atoms with Crippen LogP contribution in [0.3, 0.4) is 0 Å². The molecule has 0 radical (unpaired) electrons. The second-order valence-corrected chi connectivity index (χ2v) is 12.3. The Kier molecular flexibility index (Phi) is 12.0. The van der Waals surface area contributed by atoms with E-state index in [0.717, 1.165) is 22.3 Å². The van der Waals surface area contributed by atoms with Crippen molar-refractivity contribution in [2.45, 2.75) is 63.6 Å². The van der Waals surface area contributed by atoms with Gasteiger partial charge in [-0.15, -0.1) is 0 Å². The lowest BCUT2D eigenvalue weighted by atomic mass is 9.82. The zero-order chi connectivity index (χ0) is 33.9. The molecule has 4 aromatic carbocycles. The summed E-state index contributed by atoms with van der Waals surface area (Å²) < 4.78 is 45.7. The molecule has 256 valence electrons.